The molecular weight excluding hydrogens is 282 g/mol. The number of hydrogen-bond acceptors (Lipinski definition) is 3. The summed E-state index contributed by atoms with van der Waals surface area (Å²) in [7, 11) is 0. The Morgan fingerprint density at radius 1 is 1.59 bits per heavy atom. The molecule has 2 heterocycles. The second kappa shape index (κ2) is 5.98. The van der Waals surface area contributed by atoms with E-state index in [-0.39, 0.29) is 0 Å². The third-order valence-corrected chi connectivity index (χ3v) is 4.20. The molecule has 5 heteroatoms. The molecule has 0 spiro atoms. The van der Waals surface area contributed by atoms with Crippen LogP contribution in [0.5, 0.6) is 0 Å². The van der Waals surface area contributed by atoms with Crippen LogP contribution in [-0.4, -0.2) is 29.0 Å². The predicted molar refractivity (Wildman–Crippen MR) is 71.0 cm³/mol. The van der Waals surface area contributed by atoms with E-state index in [2.05, 4.69) is 33.3 Å². The van der Waals surface area contributed by atoms with E-state index in [0.717, 1.165) is 35.6 Å². The van der Waals surface area contributed by atoms with E-state index < -0.39 is 0 Å². The number of aromatic nitrogens is 2. The summed E-state index contributed by atoms with van der Waals surface area (Å²) in [5, 5.41) is 7.89. The van der Waals surface area contributed by atoms with Gasteiger partial charge in [0.25, 0.3) is 0 Å². The molecule has 17 heavy (non-hydrogen) atoms. The summed E-state index contributed by atoms with van der Waals surface area (Å²) in [5.41, 5.74) is 2.17. The van der Waals surface area contributed by atoms with Crippen LogP contribution in [-0.2, 0) is 17.9 Å². The number of ether oxygens (including phenoxy) is 1. The van der Waals surface area contributed by atoms with Crippen LogP contribution in [0.4, 0.5) is 0 Å². The van der Waals surface area contributed by atoms with Crippen molar-refractivity contribution in [3.05, 3.63) is 15.9 Å². The molecule has 1 aromatic rings. The van der Waals surface area contributed by atoms with Gasteiger partial charge in [0.15, 0.2) is 0 Å². The summed E-state index contributed by atoms with van der Waals surface area (Å²) in [6, 6.07) is 0.535. The lowest BCUT2D eigenvalue weighted by Crippen LogP contribution is -2.26. The minimum absolute atomic E-state index is 0.535. The van der Waals surface area contributed by atoms with Gasteiger partial charge in [0, 0.05) is 12.6 Å². The highest BCUT2D eigenvalue weighted by molar-refractivity contribution is 9.10. The molecule has 0 saturated carbocycles. The van der Waals surface area contributed by atoms with Crippen LogP contribution in [0.3, 0.4) is 0 Å². The van der Waals surface area contributed by atoms with E-state index in [1.807, 2.05) is 11.6 Å². The van der Waals surface area contributed by atoms with Gasteiger partial charge in [-0.1, -0.05) is 0 Å². The highest BCUT2D eigenvalue weighted by atomic mass is 79.9. The molecule has 1 fully saturated rings. The average Bonchev–Trinajstić information content (AvgIpc) is 2.92. The van der Waals surface area contributed by atoms with Crippen molar-refractivity contribution in [2.75, 3.05) is 13.2 Å². The SMILES string of the molecule is CCn1nc(C)c(Br)c1COCC1CCCN1. The first-order valence-corrected chi connectivity index (χ1v) is 7.04. The maximum Gasteiger partial charge on any atom is 0.0897 e. The monoisotopic (exact) mass is 301 g/mol. The van der Waals surface area contributed by atoms with Gasteiger partial charge in [-0.15, -0.1) is 0 Å². The third kappa shape index (κ3) is 3.09. The van der Waals surface area contributed by atoms with Gasteiger partial charge in [-0.2, -0.15) is 5.10 Å². The van der Waals surface area contributed by atoms with Crippen molar-refractivity contribution in [3.8, 4) is 0 Å². The van der Waals surface area contributed by atoms with Gasteiger partial charge in [-0.25, -0.2) is 0 Å². The maximum atomic E-state index is 5.79. The Hall–Kier alpha value is -0.390. The molecular formula is C12H20BrN3O. The molecule has 0 bridgehead atoms. The fourth-order valence-corrected chi connectivity index (χ4v) is 2.60. The van der Waals surface area contributed by atoms with Crippen LogP contribution in [0.15, 0.2) is 4.47 Å². The first-order valence-electron chi connectivity index (χ1n) is 6.25. The molecule has 1 aromatic heterocycles. The highest BCUT2D eigenvalue weighted by Gasteiger charge is 2.16. The minimum atomic E-state index is 0.535. The van der Waals surface area contributed by atoms with Crippen molar-refractivity contribution in [3.63, 3.8) is 0 Å². The van der Waals surface area contributed by atoms with Gasteiger partial charge < -0.3 is 10.1 Å². The molecule has 0 amide bonds. The Kier molecular flexibility index (Phi) is 4.59. The lowest BCUT2D eigenvalue weighted by molar-refractivity contribution is 0.0977. The van der Waals surface area contributed by atoms with E-state index in [1.165, 1.54) is 12.8 Å². The summed E-state index contributed by atoms with van der Waals surface area (Å²) in [4.78, 5) is 0. The quantitative estimate of drug-likeness (QED) is 0.906. The van der Waals surface area contributed by atoms with Crippen molar-refractivity contribution in [2.45, 2.75) is 45.9 Å². The third-order valence-electron chi connectivity index (χ3n) is 3.17. The average molecular weight is 302 g/mol. The van der Waals surface area contributed by atoms with Crippen molar-refractivity contribution < 1.29 is 4.74 Å². The summed E-state index contributed by atoms with van der Waals surface area (Å²) in [6.07, 6.45) is 2.50. The lowest BCUT2D eigenvalue weighted by Gasteiger charge is -2.11. The van der Waals surface area contributed by atoms with Crippen LogP contribution in [0.1, 0.15) is 31.2 Å². The molecule has 1 atom stereocenters. The zero-order valence-corrected chi connectivity index (χ0v) is 12.1. The van der Waals surface area contributed by atoms with E-state index in [0.29, 0.717) is 12.6 Å². The van der Waals surface area contributed by atoms with Gasteiger partial charge in [0.1, 0.15) is 0 Å². The molecule has 1 unspecified atom stereocenters. The predicted octanol–water partition coefficient (Wildman–Crippen LogP) is 2.24. The van der Waals surface area contributed by atoms with Crippen LogP contribution in [0.25, 0.3) is 0 Å². The Balaban J connectivity index is 1.89. The van der Waals surface area contributed by atoms with Crippen molar-refractivity contribution in [2.24, 2.45) is 0 Å². The molecule has 0 aromatic carbocycles. The van der Waals surface area contributed by atoms with Crippen LogP contribution in [0.2, 0.25) is 0 Å². The molecule has 1 aliphatic rings. The summed E-state index contributed by atoms with van der Waals surface area (Å²) < 4.78 is 8.87. The number of nitrogens with one attached hydrogen (secondary N) is 1. The molecule has 1 aliphatic heterocycles. The number of aryl methyl sites for hydroxylation is 2. The van der Waals surface area contributed by atoms with Crippen molar-refractivity contribution in [1.29, 1.82) is 0 Å². The Labute approximate surface area is 111 Å². The standard InChI is InChI=1S/C12H20BrN3O/c1-3-16-11(12(13)9(2)15-16)8-17-7-10-5-4-6-14-10/h10,14H,3-8H2,1-2H3. The second-order valence-electron chi connectivity index (χ2n) is 4.47. The van der Waals surface area contributed by atoms with Gasteiger partial charge >= 0.3 is 0 Å². The van der Waals surface area contributed by atoms with Crippen molar-refractivity contribution >= 4 is 15.9 Å². The van der Waals surface area contributed by atoms with Gasteiger partial charge in [-0.3, -0.25) is 4.68 Å². The Bertz CT molecular complexity index is 372. The number of nitrogens with zero attached hydrogens (tertiary/aromatic N) is 2. The number of rotatable bonds is 5. The van der Waals surface area contributed by atoms with Crippen LogP contribution in [0, 0.1) is 6.92 Å². The fraction of sp³-hybridized carbons (Fsp3) is 0.750. The lowest BCUT2D eigenvalue weighted by atomic mass is 10.2. The van der Waals surface area contributed by atoms with Gasteiger partial charge in [0.05, 0.1) is 29.1 Å². The van der Waals surface area contributed by atoms with E-state index in [9.17, 15) is 0 Å². The fourth-order valence-electron chi connectivity index (χ4n) is 2.20. The largest absolute Gasteiger partial charge is 0.374 e. The van der Waals surface area contributed by atoms with Crippen LogP contribution < -0.4 is 5.32 Å². The molecule has 96 valence electrons. The molecule has 0 aliphatic carbocycles. The van der Waals surface area contributed by atoms with Crippen LogP contribution >= 0.6 is 15.9 Å². The first kappa shape index (κ1) is 13.1. The minimum Gasteiger partial charge on any atom is -0.374 e. The summed E-state index contributed by atoms with van der Waals surface area (Å²) in [6.45, 7) is 7.55. The smallest absolute Gasteiger partial charge is 0.0897 e. The molecule has 1 N–H and O–H groups in total. The van der Waals surface area contributed by atoms with E-state index in [4.69, 9.17) is 4.74 Å². The zero-order valence-electron chi connectivity index (χ0n) is 10.5. The molecule has 1 saturated heterocycles. The van der Waals surface area contributed by atoms with Gasteiger partial charge in [0.2, 0.25) is 0 Å². The van der Waals surface area contributed by atoms with E-state index >= 15 is 0 Å². The Morgan fingerprint density at radius 2 is 2.41 bits per heavy atom. The summed E-state index contributed by atoms with van der Waals surface area (Å²) >= 11 is 3.58. The second-order valence-corrected chi connectivity index (χ2v) is 5.26. The molecule has 2 rings (SSSR count). The molecule has 0 radical (unpaired) electrons. The normalized spacial score (nSPS) is 20.1. The van der Waals surface area contributed by atoms with Crippen molar-refractivity contribution in [1.82, 2.24) is 15.1 Å². The topological polar surface area (TPSA) is 39.1 Å². The zero-order chi connectivity index (χ0) is 12.3. The van der Waals surface area contributed by atoms with E-state index in [1.54, 1.807) is 0 Å². The number of hydrogen-bond donors (Lipinski definition) is 1. The number of halogens is 1. The molecule has 4 nitrogen and oxygen atoms in total. The Morgan fingerprint density at radius 3 is 3.06 bits per heavy atom. The highest BCUT2D eigenvalue weighted by Crippen LogP contribution is 2.21. The maximum absolute atomic E-state index is 5.79. The first-order chi connectivity index (χ1) is 8.22. The van der Waals surface area contributed by atoms with Gasteiger partial charge in [-0.05, 0) is 49.2 Å². The summed E-state index contributed by atoms with van der Waals surface area (Å²) in [5.74, 6) is 0.